The summed E-state index contributed by atoms with van der Waals surface area (Å²) in [4.78, 5) is 13.5. The van der Waals surface area contributed by atoms with E-state index in [0.717, 1.165) is 10.5 Å². The van der Waals surface area contributed by atoms with Crippen LogP contribution in [0.5, 0.6) is 5.75 Å². The van der Waals surface area contributed by atoms with Crippen LogP contribution in [-0.2, 0) is 10.0 Å². The number of benzene rings is 3. The van der Waals surface area contributed by atoms with Crippen LogP contribution in [0.4, 0.5) is 5.69 Å². The number of methoxy groups -OCH3 is 1. The third-order valence-electron chi connectivity index (χ3n) is 4.24. The first-order valence-electron chi connectivity index (χ1n) is 9.16. The first-order chi connectivity index (χ1) is 14.9. The zero-order chi connectivity index (χ0) is 22.3. The molecule has 0 aliphatic rings. The molecule has 0 aliphatic carbocycles. The first kappa shape index (κ1) is 22.4. The Morgan fingerprint density at radius 2 is 1.74 bits per heavy atom. The van der Waals surface area contributed by atoms with Gasteiger partial charge >= 0.3 is 0 Å². The fourth-order valence-electron chi connectivity index (χ4n) is 2.60. The lowest BCUT2D eigenvalue weighted by Crippen LogP contribution is -2.19. The molecule has 0 aliphatic heterocycles. The van der Waals surface area contributed by atoms with Gasteiger partial charge in [-0.1, -0.05) is 18.2 Å². The molecule has 3 aromatic carbocycles. The van der Waals surface area contributed by atoms with Gasteiger partial charge in [0.15, 0.2) is 0 Å². The molecular weight excluding hydrogens is 434 g/mol. The van der Waals surface area contributed by atoms with Crippen LogP contribution < -0.4 is 14.9 Å². The largest absolute Gasteiger partial charge is 0.497 e. The zero-order valence-corrected chi connectivity index (χ0v) is 18.5. The van der Waals surface area contributed by atoms with Crippen molar-refractivity contribution in [3.63, 3.8) is 0 Å². The van der Waals surface area contributed by atoms with Gasteiger partial charge in [-0.05, 0) is 66.4 Å². The summed E-state index contributed by atoms with van der Waals surface area (Å²) in [5.41, 5.74) is 3.80. The van der Waals surface area contributed by atoms with E-state index in [0.29, 0.717) is 11.4 Å². The van der Waals surface area contributed by atoms with Crippen molar-refractivity contribution in [1.29, 1.82) is 0 Å². The number of hydrazone groups is 1. The SMILES string of the molecule is COc1ccc(NS(=O)(=O)c2cccc(C(=O)N/N=C/c3ccc(SC)cc3)c2)cc1. The highest BCUT2D eigenvalue weighted by molar-refractivity contribution is 7.98. The lowest BCUT2D eigenvalue weighted by molar-refractivity contribution is 0.0955. The molecule has 0 bridgehead atoms. The smallest absolute Gasteiger partial charge is 0.271 e. The summed E-state index contributed by atoms with van der Waals surface area (Å²) in [7, 11) is -2.34. The highest BCUT2D eigenvalue weighted by Gasteiger charge is 2.16. The second kappa shape index (κ2) is 10.1. The molecule has 0 saturated carbocycles. The van der Waals surface area contributed by atoms with Crippen LogP contribution in [-0.4, -0.2) is 33.9 Å². The van der Waals surface area contributed by atoms with Crippen LogP contribution in [0.2, 0.25) is 0 Å². The van der Waals surface area contributed by atoms with E-state index >= 15 is 0 Å². The van der Waals surface area contributed by atoms with E-state index in [4.69, 9.17) is 4.74 Å². The Labute approximate surface area is 185 Å². The van der Waals surface area contributed by atoms with Crippen molar-refractivity contribution in [2.75, 3.05) is 18.1 Å². The molecular formula is C22H21N3O4S2. The predicted octanol–water partition coefficient (Wildman–Crippen LogP) is 3.98. The van der Waals surface area contributed by atoms with E-state index in [1.807, 2.05) is 30.5 Å². The van der Waals surface area contributed by atoms with Gasteiger partial charge in [0.25, 0.3) is 15.9 Å². The van der Waals surface area contributed by atoms with Gasteiger partial charge in [0.1, 0.15) is 5.75 Å². The maximum absolute atomic E-state index is 12.7. The fraction of sp³-hybridized carbons (Fsp3) is 0.0909. The molecule has 0 aromatic heterocycles. The van der Waals surface area contributed by atoms with E-state index in [1.165, 1.54) is 37.6 Å². The van der Waals surface area contributed by atoms with Gasteiger partial charge in [0.05, 0.1) is 18.2 Å². The molecule has 0 saturated heterocycles. The molecule has 160 valence electrons. The number of carbonyl (C=O) groups excluding carboxylic acids is 1. The van der Waals surface area contributed by atoms with Crippen LogP contribution in [0.25, 0.3) is 0 Å². The van der Waals surface area contributed by atoms with Gasteiger partial charge < -0.3 is 4.74 Å². The summed E-state index contributed by atoms with van der Waals surface area (Å²) in [5.74, 6) is 0.0980. The number of sulfonamides is 1. The maximum atomic E-state index is 12.7. The second-order valence-electron chi connectivity index (χ2n) is 6.33. The van der Waals surface area contributed by atoms with Crippen LogP contribution in [0.3, 0.4) is 0 Å². The molecule has 0 radical (unpaired) electrons. The average Bonchev–Trinajstić information content (AvgIpc) is 2.80. The van der Waals surface area contributed by atoms with Crippen LogP contribution in [0.15, 0.2) is 87.7 Å². The maximum Gasteiger partial charge on any atom is 0.271 e. The van der Waals surface area contributed by atoms with Gasteiger partial charge in [0.2, 0.25) is 0 Å². The van der Waals surface area contributed by atoms with Gasteiger partial charge in [-0.25, -0.2) is 13.8 Å². The lowest BCUT2D eigenvalue weighted by atomic mass is 10.2. The molecule has 2 N–H and O–H groups in total. The van der Waals surface area contributed by atoms with E-state index in [1.54, 1.807) is 36.0 Å². The molecule has 0 atom stereocenters. The Bertz CT molecular complexity index is 1180. The number of nitrogens with zero attached hydrogens (tertiary/aromatic N) is 1. The summed E-state index contributed by atoms with van der Waals surface area (Å²) in [6.07, 6.45) is 3.51. The normalized spacial score (nSPS) is 11.3. The molecule has 9 heteroatoms. The number of amides is 1. The molecule has 31 heavy (non-hydrogen) atoms. The van der Waals surface area contributed by atoms with Gasteiger partial charge in [-0.15, -0.1) is 11.8 Å². The Morgan fingerprint density at radius 3 is 2.39 bits per heavy atom. The molecule has 0 spiro atoms. The third kappa shape index (κ3) is 6.09. The summed E-state index contributed by atoms with van der Waals surface area (Å²) < 4.78 is 32.9. The Hall–Kier alpha value is -3.30. The molecule has 3 aromatic rings. The lowest BCUT2D eigenvalue weighted by Gasteiger charge is -2.09. The van der Waals surface area contributed by atoms with E-state index in [-0.39, 0.29) is 10.5 Å². The number of thioether (sulfide) groups is 1. The number of anilines is 1. The number of ether oxygens (including phenoxy) is 1. The highest BCUT2D eigenvalue weighted by Crippen LogP contribution is 2.20. The molecule has 3 rings (SSSR count). The van der Waals surface area contributed by atoms with Crippen molar-refractivity contribution in [2.45, 2.75) is 9.79 Å². The summed E-state index contributed by atoms with van der Waals surface area (Å²) >= 11 is 1.63. The second-order valence-corrected chi connectivity index (χ2v) is 8.90. The molecule has 0 fully saturated rings. The van der Waals surface area contributed by atoms with E-state index < -0.39 is 15.9 Å². The van der Waals surface area contributed by atoms with Crippen LogP contribution >= 0.6 is 11.8 Å². The fourth-order valence-corrected chi connectivity index (χ4v) is 4.11. The van der Waals surface area contributed by atoms with Gasteiger partial charge in [-0.3, -0.25) is 9.52 Å². The molecule has 1 amide bonds. The number of hydrogen-bond acceptors (Lipinski definition) is 6. The predicted molar refractivity (Wildman–Crippen MR) is 124 cm³/mol. The van der Waals surface area contributed by atoms with Crippen molar-refractivity contribution >= 4 is 39.6 Å². The molecule has 0 unspecified atom stereocenters. The van der Waals surface area contributed by atoms with Crippen molar-refractivity contribution in [1.82, 2.24) is 5.43 Å². The van der Waals surface area contributed by atoms with E-state index in [2.05, 4.69) is 15.2 Å². The number of hydrogen-bond donors (Lipinski definition) is 2. The Balaban J connectivity index is 1.68. The monoisotopic (exact) mass is 455 g/mol. The third-order valence-corrected chi connectivity index (χ3v) is 6.37. The molecule has 0 heterocycles. The number of carbonyl (C=O) groups is 1. The summed E-state index contributed by atoms with van der Waals surface area (Å²) in [6, 6.07) is 19.9. The Kier molecular flexibility index (Phi) is 7.32. The number of rotatable bonds is 8. The van der Waals surface area contributed by atoms with Gasteiger partial charge in [0, 0.05) is 16.1 Å². The van der Waals surface area contributed by atoms with Gasteiger partial charge in [-0.2, -0.15) is 5.10 Å². The quantitative estimate of drug-likeness (QED) is 0.304. The van der Waals surface area contributed by atoms with Crippen molar-refractivity contribution < 1.29 is 17.9 Å². The summed E-state index contributed by atoms with van der Waals surface area (Å²) in [5, 5.41) is 3.94. The topological polar surface area (TPSA) is 96.9 Å². The minimum atomic E-state index is -3.87. The van der Waals surface area contributed by atoms with Crippen molar-refractivity contribution in [3.8, 4) is 5.75 Å². The van der Waals surface area contributed by atoms with Crippen molar-refractivity contribution in [2.24, 2.45) is 5.10 Å². The van der Waals surface area contributed by atoms with E-state index in [9.17, 15) is 13.2 Å². The van der Waals surface area contributed by atoms with Crippen LogP contribution in [0.1, 0.15) is 15.9 Å². The zero-order valence-electron chi connectivity index (χ0n) is 16.9. The average molecular weight is 456 g/mol. The minimum Gasteiger partial charge on any atom is -0.497 e. The number of nitrogens with one attached hydrogen (secondary N) is 2. The Morgan fingerprint density at radius 1 is 1.03 bits per heavy atom. The van der Waals surface area contributed by atoms with Crippen LogP contribution in [0, 0.1) is 0 Å². The highest BCUT2D eigenvalue weighted by atomic mass is 32.2. The first-order valence-corrected chi connectivity index (χ1v) is 11.9. The molecule has 7 nitrogen and oxygen atoms in total. The minimum absolute atomic E-state index is 0.0346. The summed E-state index contributed by atoms with van der Waals surface area (Å²) in [6.45, 7) is 0. The van der Waals surface area contributed by atoms with Crippen molar-refractivity contribution in [3.05, 3.63) is 83.9 Å². The standard InChI is InChI=1S/C22H21N3O4S2/c1-29-19-10-8-18(9-11-19)25-31(27,28)21-5-3-4-17(14-21)22(26)24-23-15-16-6-12-20(30-2)13-7-16/h3-15,25H,1-2H3,(H,24,26)/b23-15+.